The molecule has 0 aromatic carbocycles. The highest BCUT2D eigenvalue weighted by molar-refractivity contribution is 5.49. The third-order valence-corrected chi connectivity index (χ3v) is 3.47. The predicted molar refractivity (Wildman–Crippen MR) is 74.5 cm³/mol. The number of likely N-dealkylation sites (N-methyl/N-ethyl adjacent to an activating group) is 1. The van der Waals surface area contributed by atoms with Crippen LogP contribution >= 0.6 is 0 Å². The minimum absolute atomic E-state index is 0.663. The molecule has 0 unspecified atom stereocenters. The molecule has 0 aliphatic carbocycles. The molecular formula is C14H25N3. The quantitative estimate of drug-likeness (QED) is 0.732. The summed E-state index contributed by atoms with van der Waals surface area (Å²) in [7, 11) is 1.93. The zero-order chi connectivity index (χ0) is 13.0. The molecule has 1 aliphatic rings. The van der Waals surface area contributed by atoms with Gasteiger partial charge < -0.3 is 11.1 Å². The molecule has 17 heavy (non-hydrogen) atoms. The van der Waals surface area contributed by atoms with E-state index >= 15 is 0 Å². The van der Waals surface area contributed by atoms with Gasteiger partial charge in [-0.15, -0.1) is 0 Å². The number of hydrogen-bond acceptors (Lipinski definition) is 3. The Bertz CT molecular complexity index is 364. The minimum atomic E-state index is 0.663. The van der Waals surface area contributed by atoms with Crippen LogP contribution in [0.2, 0.25) is 0 Å². The smallest absolute Gasteiger partial charge is 0.0334 e. The summed E-state index contributed by atoms with van der Waals surface area (Å²) in [5.41, 5.74) is 11.6. The van der Waals surface area contributed by atoms with Crippen LogP contribution in [0.15, 0.2) is 34.7 Å². The first kappa shape index (κ1) is 13.8. The fourth-order valence-electron chi connectivity index (χ4n) is 2.39. The summed E-state index contributed by atoms with van der Waals surface area (Å²) in [4.78, 5) is 2.45. The molecule has 0 aromatic heterocycles. The van der Waals surface area contributed by atoms with E-state index in [0.717, 1.165) is 37.3 Å². The molecule has 0 spiro atoms. The summed E-state index contributed by atoms with van der Waals surface area (Å²) in [6, 6.07) is 0. The molecule has 0 fully saturated rings. The number of hydrogen-bond donors (Lipinski definition) is 2. The molecule has 0 saturated carbocycles. The molecule has 0 radical (unpaired) electrons. The van der Waals surface area contributed by atoms with E-state index in [2.05, 4.69) is 37.6 Å². The summed E-state index contributed by atoms with van der Waals surface area (Å²) in [6.07, 6.45) is 1.06. The largest absolute Gasteiger partial charge is 0.399 e. The highest BCUT2D eigenvalue weighted by Crippen LogP contribution is 2.28. The second-order valence-corrected chi connectivity index (χ2v) is 4.65. The SMILES string of the molecule is C=C(N)/C(C1=C(C)CN(CC)CC1)=C(/C)NC. The topological polar surface area (TPSA) is 41.3 Å². The number of allylic oxidation sites excluding steroid dienone is 2. The van der Waals surface area contributed by atoms with Gasteiger partial charge in [0.15, 0.2) is 0 Å². The van der Waals surface area contributed by atoms with Crippen molar-refractivity contribution in [2.75, 3.05) is 26.7 Å². The highest BCUT2D eigenvalue weighted by atomic mass is 15.1. The third kappa shape index (κ3) is 3.13. The summed E-state index contributed by atoms with van der Waals surface area (Å²) in [5, 5.41) is 3.18. The van der Waals surface area contributed by atoms with Gasteiger partial charge in [0.05, 0.1) is 0 Å². The Balaban J connectivity index is 3.09. The van der Waals surface area contributed by atoms with Crippen molar-refractivity contribution >= 4 is 0 Å². The molecule has 0 amide bonds. The predicted octanol–water partition coefficient (Wildman–Crippen LogP) is 1.99. The van der Waals surface area contributed by atoms with Gasteiger partial charge in [-0.3, -0.25) is 4.90 Å². The van der Waals surface area contributed by atoms with Crippen LogP contribution in [0.3, 0.4) is 0 Å². The fraction of sp³-hybridized carbons (Fsp3) is 0.571. The lowest BCUT2D eigenvalue weighted by atomic mass is 9.91. The molecule has 3 nitrogen and oxygen atoms in total. The van der Waals surface area contributed by atoms with Gasteiger partial charge in [0.2, 0.25) is 0 Å². The Kier molecular flexibility index (Phi) is 4.82. The lowest BCUT2D eigenvalue weighted by Crippen LogP contribution is -2.32. The van der Waals surface area contributed by atoms with E-state index in [4.69, 9.17) is 5.73 Å². The van der Waals surface area contributed by atoms with Crippen molar-refractivity contribution in [3.8, 4) is 0 Å². The zero-order valence-corrected chi connectivity index (χ0v) is 11.6. The Labute approximate surface area is 105 Å². The Morgan fingerprint density at radius 2 is 2.18 bits per heavy atom. The Hall–Kier alpha value is -1.22. The molecule has 3 heteroatoms. The van der Waals surface area contributed by atoms with E-state index in [1.165, 1.54) is 11.1 Å². The van der Waals surface area contributed by atoms with E-state index in [1.807, 2.05) is 7.05 Å². The summed E-state index contributed by atoms with van der Waals surface area (Å²) < 4.78 is 0. The second kappa shape index (κ2) is 5.92. The lowest BCUT2D eigenvalue weighted by Gasteiger charge is -2.30. The van der Waals surface area contributed by atoms with Crippen LogP contribution in [0.1, 0.15) is 27.2 Å². The summed E-state index contributed by atoms with van der Waals surface area (Å²) >= 11 is 0. The van der Waals surface area contributed by atoms with Crippen LogP contribution in [0.4, 0.5) is 0 Å². The van der Waals surface area contributed by atoms with E-state index < -0.39 is 0 Å². The van der Waals surface area contributed by atoms with Crippen molar-refractivity contribution in [3.05, 3.63) is 34.7 Å². The molecule has 1 heterocycles. The first-order chi connectivity index (χ1) is 8.01. The van der Waals surface area contributed by atoms with Crippen LogP contribution in [0, 0.1) is 0 Å². The van der Waals surface area contributed by atoms with Crippen molar-refractivity contribution in [2.24, 2.45) is 5.73 Å². The van der Waals surface area contributed by atoms with E-state index in [9.17, 15) is 0 Å². The number of rotatable bonds is 4. The van der Waals surface area contributed by atoms with Crippen LogP contribution in [0.5, 0.6) is 0 Å². The molecular weight excluding hydrogens is 210 g/mol. The van der Waals surface area contributed by atoms with Crippen LogP contribution in [-0.2, 0) is 0 Å². The van der Waals surface area contributed by atoms with Crippen molar-refractivity contribution in [1.82, 2.24) is 10.2 Å². The van der Waals surface area contributed by atoms with Crippen LogP contribution in [0.25, 0.3) is 0 Å². The van der Waals surface area contributed by atoms with E-state index in [0.29, 0.717) is 5.70 Å². The van der Waals surface area contributed by atoms with Crippen molar-refractivity contribution in [1.29, 1.82) is 0 Å². The molecule has 0 bridgehead atoms. The first-order valence-electron chi connectivity index (χ1n) is 6.26. The Morgan fingerprint density at radius 3 is 2.59 bits per heavy atom. The van der Waals surface area contributed by atoms with E-state index in [1.54, 1.807) is 0 Å². The maximum Gasteiger partial charge on any atom is 0.0334 e. The van der Waals surface area contributed by atoms with Crippen molar-refractivity contribution in [3.63, 3.8) is 0 Å². The summed E-state index contributed by atoms with van der Waals surface area (Å²) in [5.74, 6) is 0. The molecule has 0 aromatic rings. The maximum absolute atomic E-state index is 5.93. The molecule has 0 atom stereocenters. The van der Waals surface area contributed by atoms with Gasteiger partial charge in [0.1, 0.15) is 0 Å². The maximum atomic E-state index is 5.93. The molecule has 1 rings (SSSR count). The van der Waals surface area contributed by atoms with Gasteiger partial charge in [0, 0.05) is 37.1 Å². The molecule has 96 valence electrons. The average molecular weight is 235 g/mol. The van der Waals surface area contributed by atoms with Crippen molar-refractivity contribution in [2.45, 2.75) is 27.2 Å². The van der Waals surface area contributed by atoms with Gasteiger partial charge in [-0.25, -0.2) is 0 Å². The third-order valence-electron chi connectivity index (χ3n) is 3.47. The molecule has 1 aliphatic heterocycles. The average Bonchev–Trinajstić information content (AvgIpc) is 2.30. The Morgan fingerprint density at radius 1 is 1.53 bits per heavy atom. The first-order valence-corrected chi connectivity index (χ1v) is 6.26. The molecule has 3 N–H and O–H groups in total. The van der Waals surface area contributed by atoms with E-state index in [-0.39, 0.29) is 0 Å². The minimum Gasteiger partial charge on any atom is -0.399 e. The number of nitrogens with one attached hydrogen (secondary N) is 1. The monoisotopic (exact) mass is 235 g/mol. The standard InChI is InChI=1S/C14H25N3/c1-6-17-8-7-13(10(2)9-17)14(11(3)15)12(4)16-5/h16H,3,6-9,15H2,1-2,4-5H3/b14-12+. The van der Waals surface area contributed by atoms with Crippen LogP contribution in [-0.4, -0.2) is 31.6 Å². The normalized spacial score (nSPS) is 19.1. The summed E-state index contributed by atoms with van der Waals surface area (Å²) in [6.45, 7) is 13.6. The van der Waals surface area contributed by atoms with Gasteiger partial charge in [0.25, 0.3) is 0 Å². The van der Waals surface area contributed by atoms with Crippen LogP contribution < -0.4 is 11.1 Å². The highest BCUT2D eigenvalue weighted by Gasteiger charge is 2.19. The van der Waals surface area contributed by atoms with Gasteiger partial charge in [-0.2, -0.15) is 0 Å². The van der Waals surface area contributed by atoms with Gasteiger partial charge >= 0.3 is 0 Å². The molecule has 0 saturated heterocycles. The zero-order valence-electron chi connectivity index (χ0n) is 11.6. The lowest BCUT2D eigenvalue weighted by molar-refractivity contribution is 0.301. The second-order valence-electron chi connectivity index (χ2n) is 4.65. The number of nitrogens with zero attached hydrogens (tertiary/aromatic N) is 1. The van der Waals surface area contributed by atoms with Crippen molar-refractivity contribution < 1.29 is 0 Å². The fourth-order valence-corrected chi connectivity index (χ4v) is 2.39. The van der Waals surface area contributed by atoms with Gasteiger partial charge in [-0.1, -0.05) is 19.1 Å². The van der Waals surface area contributed by atoms with Gasteiger partial charge in [-0.05, 0) is 32.4 Å². The number of nitrogens with two attached hydrogens (primary N) is 1.